The molecular weight excluding hydrogens is 292 g/mol. The number of halogens is 1. The molecule has 0 radical (unpaired) electrons. The molecule has 0 aliphatic carbocycles. The van der Waals surface area contributed by atoms with Crippen molar-refractivity contribution in [2.75, 3.05) is 13.2 Å². The monoisotopic (exact) mass is 306 g/mol. The fraction of sp³-hybridized carbons (Fsp3) is 0.333. The summed E-state index contributed by atoms with van der Waals surface area (Å²) in [5.41, 5.74) is 0. The van der Waals surface area contributed by atoms with Gasteiger partial charge in [0.1, 0.15) is 11.9 Å². The Labute approximate surface area is 115 Å². The molecule has 0 bridgehead atoms. The van der Waals surface area contributed by atoms with Crippen LogP contribution in [0.4, 0.5) is 0 Å². The summed E-state index contributed by atoms with van der Waals surface area (Å²) in [6, 6.07) is 12.4. The Morgan fingerprint density at radius 3 is 2.50 bits per heavy atom. The SMILES string of the molecule is Brc1ccc(OC2CCOCC2)c2ccccc12. The van der Waals surface area contributed by atoms with Crippen LogP contribution >= 0.6 is 15.9 Å². The van der Waals surface area contributed by atoms with E-state index in [0.717, 1.165) is 36.3 Å². The summed E-state index contributed by atoms with van der Waals surface area (Å²) in [5, 5.41) is 2.36. The number of rotatable bonds is 2. The lowest BCUT2D eigenvalue weighted by molar-refractivity contribution is 0.0262. The highest BCUT2D eigenvalue weighted by Crippen LogP contribution is 2.32. The molecule has 2 aromatic rings. The van der Waals surface area contributed by atoms with Gasteiger partial charge < -0.3 is 9.47 Å². The van der Waals surface area contributed by atoms with Gasteiger partial charge in [0.05, 0.1) is 13.2 Å². The predicted octanol–water partition coefficient (Wildman–Crippen LogP) is 4.16. The second-order valence-electron chi connectivity index (χ2n) is 4.52. The first-order chi connectivity index (χ1) is 8.84. The molecule has 0 unspecified atom stereocenters. The number of hydrogen-bond acceptors (Lipinski definition) is 2. The quantitative estimate of drug-likeness (QED) is 0.829. The van der Waals surface area contributed by atoms with Crippen molar-refractivity contribution in [1.29, 1.82) is 0 Å². The van der Waals surface area contributed by atoms with Gasteiger partial charge in [0.2, 0.25) is 0 Å². The standard InChI is InChI=1S/C15H15BrO2/c16-14-5-6-15(13-4-2-1-3-12(13)14)18-11-7-9-17-10-8-11/h1-6,11H,7-10H2. The van der Waals surface area contributed by atoms with E-state index in [2.05, 4.69) is 34.1 Å². The molecule has 0 aromatic heterocycles. The van der Waals surface area contributed by atoms with Crippen LogP contribution in [0, 0.1) is 0 Å². The lowest BCUT2D eigenvalue weighted by Crippen LogP contribution is -2.25. The van der Waals surface area contributed by atoms with E-state index in [0.29, 0.717) is 0 Å². The van der Waals surface area contributed by atoms with Gasteiger partial charge in [-0.3, -0.25) is 0 Å². The molecule has 3 heteroatoms. The van der Waals surface area contributed by atoms with E-state index < -0.39 is 0 Å². The molecule has 1 fully saturated rings. The number of ether oxygens (including phenoxy) is 2. The van der Waals surface area contributed by atoms with E-state index >= 15 is 0 Å². The maximum absolute atomic E-state index is 6.12. The number of fused-ring (bicyclic) bond motifs is 1. The van der Waals surface area contributed by atoms with E-state index in [1.165, 1.54) is 10.8 Å². The lowest BCUT2D eigenvalue weighted by atomic mass is 10.1. The third-order valence-electron chi connectivity index (χ3n) is 3.29. The third kappa shape index (κ3) is 2.38. The molecule has 2 nitrogen and oxygen atoms in total. The summed E-state index contributed by atoms with van der Waals surface area (Å²) < 4.78 is 12.6. The van der Waals surface area contributed by atoms with Crippen LogP contribution in [0.2, 0.25) is 0 Å². The van der Waals surface area contributed by atoms with Gasteiger partial charge in [0, 0.05) is 22.7 Å². The van der Waals surface area contributed by atoms with E-state index in [1.54, 1.807) is 0 Å². The largest absolute Gasteiger partial charge is 0.490 e. The minimum atomic E-state index is 0.281. The van der Waals surface area contributed by atoms with Crippen LogP contribution < -0.4 is 4.74 Å². The fourth-order valence-electron chi connectivity index (χ4n) is 2.31. The van der Waals surface area contributed by atoms with E-state index in [4.69, 9.17) is 9.47 Å². The van der Waals surface area contributed by atoms with Crippen molar-refractivity contribution in [3.05, 3.63) is 40.9 Å². The van der Waals surface area contributed by atoms with Gasteiger partial charge in [-0.2, -0.15) is 0 Å². The first-order valence-electron chi connectivity index (χ1n) is 6.26. The van der Waals surface area contributed by atoms with Gasteiger partial charge in [0.25, 0.3) is 0 Å². The smallest absolute Gasteiger partial charge is 0.127 e. The van der Waals surface area contributed by atoms with Gasteiger partial charge in [-0.05, 0) is 17.5 Å². The van der Waals surface area contributed by atoms with Crippen LogP contribution in [0.1, 0.15) is 12.8 Å². The maximum Gasteiger partial charge on any atom is 0.127 e. The molecule has 1 heterocycles. The average Bonchev–Trinajstić information content (AvgIpc) is 2.44. The second-order valence-corrected chi connectivity index (χ2v) is 5.38. The molecule has 0 N–H and O–H groups in total. The highest BCUT2D eigenvalue weighted by atomic mass is 79.9. The number of hydrogen-bond donors (Lipinski definition) is 0. The third-order valence-corrected chi connectivity index (χ3v) is 3.98. The minimum Gasteiger partial charge on any atom is -0.490 e. The minimum absolute atomic E-state index is 0.281. The Morgan fingerprint density at radius 2 is 1.72 bits per heavy atom. The van der Waals surface area contributed by atoms with Crippen LogP contribution in [-0.4, -0.2) is 19.3 Å². The summed E-state index contributed by atoms with van der Waals surface area (Å²) in [4.78, 5) is 0. The zero-order valence-electron chi connectivity index (χ0n) is 10.1. The highest BCUT2D eigenvalue weighted by molar-refractivity contribution is 9.10. The first-order valence-corrected chi connectivity index (χ1v) is 7.05. The van der Waals surface area contributed by atoms with Crippen LogP contribution in [0.5, 0.6) is 5.75 Å². The van der Waals surface area contributed by atoms with Crippen LogP contribution in [-0.2, 0) is 4.74 Å². The topological polar surface area (TPSA) is 18.5 Å². The highest BCUT2D eigenvalue weighted by Gasteiger charge is 2.16. The predicted molar refractivity (Wildman–Crippen MR) is 76.1 cm³/mol. The van der Waals surface area contributed by atoms with Gasteiger partial charge in [-0.25, -0.2) is 0 Å². The molecule has 1 saturated heterocycles. The van der Waals surface area contributed by atoms with Gasteiger partial charge in [-0.15, -0.1) is 0 Å². The van der Waals surface area contributed by atoms with Crippen molar-refractivity contribution in [3.8, 4) is 5.75 Å². The van der Waals surface area contributed by atoms with Gasteiger partial charge in [0.15, 0.2) is 0 Å². The van der Waals surface area contributed by atoms with E-state index in [9.17, 15) is 0 Å². The van der Waals surface area contributed by atoms with Crippen molar-refractivity contribution >= 4 is 26.7 Å². The van der Waals surface area contributed by atoms with Crippen molar-refractivity contribution in [3.63, 3.8) is 0 Å². The molecule has 0 amide bonds. The second kappa shape index (κ2) is 5.29. The fourth-order valence-corrected chi connectivity index (χ4v) is 2.79. The molecule has 0 saturated carbocycles. The van der Waals surface area contributed by atoms with Crippen molar-refractivity contribution in [1.82, 2.24) is 0 Å². The Hall–Kier alpha value is -1.06. The van der Waals surface area contributed by atoms with E-state index in [-0.39, 0.29) is 6.10 Å². The first kappa shape index (κ1) is 12.0. The van der Waals surface area contributed by atoms with Gasteiger partial charge in [-0.1, -0.05) is 40.2 Å². The summed E-state index contributed by atoms with van der Waals surface area (Å²) in [7, 11) is 0. The van der Waals surface area contributed by atoms with E-state index in [1.807, 2.05) is 18.2 Å². The van der Waals surface area contributed by atoms with Crippen LogP contribution in [0.3, 0.4) is 0 Å². The molecule has 1 aliphatic rings. The molecule has 94 valence electrons. The molecule has 0 spiro atoms. The van der Waals surface area contributed by atoms with Crippen molar-refractivity contribution in [2.24, 2.45) is 0 Å². The molecule has 0 atom stereocenters. The molecule has 1 aliphatic heterocycles. The summed E-state index contributed by atoms with van der Waals surface area (Å²) in [6.45, 7) is 1.61. The Balaban J connectivity index is 1.94. The molecular formula is C15H15BrO2. The molecule has 18 heavy (non-hydrogen) atoms. The van der Waals surface area contributed by atoms with Crippen LogP contribution in [0.15, 0.2) is 40.9 Å². The Bertz CT molecular complexity index is 547. The zero-order valence-corrected chi connectivity index (χ0v) is 11.7. The molecule has 2 aromatic carbocycles. The summed E-state index contributed by atoms with van der Waals surface area (Å²) >= 11 is 3.58. The van der Waals surface area contributed by atoms with Crippen molar-refractivity contribution < 1.29 is 9.47 Å². The van der Waals surface area contributed by atoms with Crippen LogP contribution in [0.25, 0.3) is 10.8 Å². The lowest BCUT2D eigenvalue weighted by Gasteiger charge is -2.24. The van der Waals surface area contributed by atoms with Gasteiger partial charge >= 0.3 is 0 Å². The summed E-state index contributed by atoms with van der Waals surface area (Å²) in [5.74, 6) is 0.973. The summed E-state index contributed by atoms with van der Waals surface area (Å²) in [6.07, 6.45) is 2.23. The molecule has 3 rings (SSSR count). The average molecular weight is 307 g/mol. The Morgan fingerprint density at radius 1 is 1.00 bits per heavy atom. The zero-order chi connectivity index (χ0) is 12.4. The normalized spacial score (nSPS) is 16.9. The maximum atomic E-state index is 6.12. The number of benzene rings is 2. The van der Waals surface area contributed by atoms with Crippen molar-refractivity contribution in [2.45, 2.75) is 18.9 Å². The Kier molecular flexibility index (Phi) is 3.52.